The van der Waals surface area contributed by atoms with Crippen molar-refractivity contribution in [1.29, 1.82) is 0 Å². The van der Waals surface area contributed by atoms with Crippen LogP contribution in [0.25, 0.3) is 0 Å². The molecule has 1 radical (unpaired) electrons. The standard InChI is InChI=1S/C54H93N9O40.Gd.H2O/c64-22-34(72)51(92)47(88)30(68)13-55-100-26-43(84)96-9-5-62(6-10-97-44(85)27-101-56-14-31(69)48(89)52(93)35(73)23-65)38(76)17-60(20-41(80)81)3-1-59(19-40(78)79)2-4-61(21-42(82)83)18-39(77)63(7-11-98-45(86)28-102-57-15-32(70)49(90)53(94)36(74)24-66)8-12-99-46(87)29-103-58-16-33(71)50(91)54(95)37(75)25-67;;/h13-16,30-37,47-54,64-75,88-95H,1-12,17-29H2,(H,78,79)(H,80,81)(H,82,83);;1H2/q;+3;/p-3/b55-13-,56-14+,57-15-,58-16+;;/t30-,31-,32-,33-,34+,35+,36+,37+,47-,48-,49-,50-,51+,52+,53+,54+;;/m0../s1. The zero-order valence-corrected chi connectivity index (χ0v) is 58.0. The van der Waals surface area contributed by atoms with Crippen molar-refractivity contribution >= 4 is 78.5 Å². The minimum Gasteiger partial charge on any atom is -0.549 e. The van der Waals surface area contributed by atoms with Gasteiger partial charge < -0.3 is 185 Å². The number of oxime groups is 4. The Morgan fingerprint density at radius 2 is 0.514 bits per heavy atom. The van der Waals surface area contributed by atoms with Crippen LogP contribution < -0.4 is 15.3 Å². The first kappa shape index (κ1) is 103. The SMILES string of the molecule is O.O=C([O-])CN(CCN(CC(=O)[O-])CC(=O)N(CCOC(=O)CO/N=C\[C@H](O)[C@H](O)[C@H](O)[C@H](O)CO)CCOC(=O)CO/N=C/[C@H](O)[C@H](O)[C@H](O)[C@H](O)CO)CCN(CC(=O)[O-])CC(=O)N(CCOC(=O)CO/N=C\[C@H](O)[C@H](O)[C@H](O)[C@H](O)CO)CCOC(=O)CO/N=C/[C@H](O)[C@H](O)[C@H](O)[C@H](O)CO.[Gd+3]. The number of carbonyl (C=O) groups is 9. The van der Waals surface area contributed by atoms with E-state index in [1.54, 1.807) is 0 Å². The van der Waals surface area contributed by atoms with Gasteiger partial charge in [-0.3, -0.25) is 24.3 Å². The van der Waals surface area contributed by atoms with Crippen LogP contribution in [0.3, 0.4) is 0 Å². The van der Waals surface area contributed by atoms with E-state index in [1.807, 2.05) is 0 Å². The van der Waals surface area contributed by atoms with E-state index >= 15 is 0 Å². The molecule has 0 heterocycles. The molecule has 16 atom stereocenters. The molecule has 0 aliphatic heterocycles. The maximum absolute atomic E-state index is 13.9. The number of esters is 4. The van der Waals surface area contributed by atoms with Crippen molar-refractivity contribution in [3.8, 4) is 0 Å². The molecule has 0 fully saturated rings. The molecule has 0 aliphatic carbocycles. The van der Waals surface area contributed by atoms with Crippen molar-refractivity contribution in [3.63, 3.8) is 0 Å². The van der Waals surface area contributed by atoms with E-state index < -0.39 is 316 Å². The first-order chi connectivity index (χ1) is 48.5. The van der Waals surface area contributed by atoms with Crippen LogP contribution in [0, 0.1) is 39.9 Å². The summed E-state index contributed by atoms with van der Waals surface area (Å²) in [5.41, 5.74) is 0. The summed E-state index contributed by atoms with van der Waals surface area (Å²) in [5.74, 6) is -12.1. The van der Waals surface area contributed by atoms with Crippen molar-refractivity contribution in [2.45, 2.75) is 97.7 Å². The number of carboxylic acids is 3. The molecule has 51 heteroatoms. The maximum Gasteiger partial charge on any atom is 3.00 e. The number of aliphatic hydroxyl groups excluding tert-OH is 20. The topological polar surface area (TPSA) is 798 Å². The first-order valence-electron chi connectivity index (χ1n) is 30.4. The molecule has 0 aliphatic rings. The van der Waals surface area contributed by atoms with Gasteiger partial charge in [0.15, 0.2) is 0 Å². The summed E-state index contributed by atoms with van der Waals surface area (Å²) < 4.78 is 20.1. The molecule has 50 nitrogen and oxygen atoms in total. The average molecular weight is 1680 g/mol. The predicted octanol–water partition coefficient (Wildman–Crippen LogP) is -22.1. The molecule has 22 N–H and O–H groups in total. The summed E-state index contributed by atoms with van der Waals surface area (Å²) in [6.45, 7) is -19.9. The van der Waals surface area contributed by atoms with Crippen molar-refractivity contribution < 1.29 is 244 Å². The molecule has 0 saturated carbocycles. The fourth-order valence-electron chi connectivity index (χ4n) is 7.65. The smallest absolute Gasteiger partial charge is 0.549 e. The van der Waals surface area contributed by atoms with Crippen LogP contribution in [0.1, 0.15) is 0 Å². The second-order valence-electron chi connectivity index (χ2n) is 21.5. The van der Waals surface area contributed by atoms with Crippen LogP contribution in [0.5, 0.6) is 0 Å². The average Bonchev–Trinajstić information content (AvgIpc) is 0.854. The fraction of sp³-hybridized carbons (Fsp3) is 0.759. The summed E-state index contributed by atoms with van der Waals surface area (Å²) in [7, 11) is 0. The second-order valence-corrected chi connectivity index (χ2v) is 21.5. The van der Waals surface area contributed by atoms with E-state index in [2.05, 4.69) is 40.0 Å². The normalized spacial score (nSPS) is 16.4. The van der Waals surface area contributed by atoms with Crippen LogP contribution in [0.2, 0.25) is 0 Å². The molecule has 105 heavy (non-hydrogen) atoms. The Balaban J connectivity index is -0.0000520. The molecular weight excluding hydrogens is 1590 g/mol. The summed E-state index contributed by atoms with van der Waals surface area (Å²) in [6.07, 6.45) is -30.0. The largest absolute Gasteiger partial charge is 3.00 e. The predicted molar refractivity (Wildman–Crippen MR) is 327 cm³/mol. The Labute approximate surface area is 627 Å². The Bertz CT molecular complexity index is 2330. The maximum atomic E-state index is 13.9. The zero-order chi connectivity index (χ0) is 78.3. The molecule has 0 aromatic heterocycles. The van der Waals surface area contributed by atoms with E-state index in [0.717, 1.165) is 24.5 Å². The van der Waals surface area contributed by atoms with Crippen LogP contribution in [0.15, 0.2) is 20.6 Å². The third kappa shape index (κ3) is 45.7. The van der Waals surface area contributed by atoms with Gasteiger partial charge in [0.05, 0.1) is 108 Å². The Kier molecular flexibility index (Phi) is 57.2. The van der Waals surface area contributed by atoms with Gasteiger partial charge >= 0.3 is 63.8 Å². The van der Waals surface area contributed by atoms with Crippen molar-refractivity contribution in [1.82, 2.24) is 24.5 Å². The van der Waals surface area contributed by atoms with Gasteiger partial charge in [-0.1, -0.05) is 20.6 Å². The van der Waals surface area contributed by atoms with Gasteiger partial charge in [0.25, 0.3) is 0 Å². The molecule has 2 amide bonds. The number of nitrogens with zero attached hydrogens (tertiary/aromatic N) is 9. The van der Waals surface area contributed by atoms with Crippen LogP contribution in [0.4, 0.5) is 0 Å². The first-order valence-corrected chi connectivity index (χ1v) is 30.4. The molecule has 607 valence electrons. The van der Waals surface area contributed by atoms with E-state index in [0.29, 0.717) is 24.9 Å². The van der Waals surface area contributed by atoms with Gasteiger partial charge in [0, 0.05) is 45.8 Å². The molecule has 0 bridgehead atoms. The van der Waals surface area contributed by atoms with Gasteiger partial charge in [-0.2, -0.15) is 0 Å². The number of amides is 2. The van der Waals surface area contributed by atoms with Crippen molar-refractivity contribution in [2.75, 3.05) is 164 Å². The molecule has 0 rings (SSSR count). The number of ether oxygens (including phenoxy) is 4. The third-order valence-electron chi connectivity index (χ3n) is 13.4. The summed E-state index contributed by atoms with van der Waals surface area (Å²) in [5, 5.41) is 241. The van der Waals surface area contributed by atoms with Crippen molar-refractivity contribution in [2.24, 2.45) is 20.6 Å². The number of aliphatic carboxylic acids is 3. The summed E-state index contributed by atoms with van der Waals surface area (Å²) in [4.78, 5) is 137. The second kappa shape index (κ2) is 58.6. The summed E-state index contributed by atoms with van der Waals surface area (Å²) in [6, 6.07) is 0. The molecule has 0 aromatic rings. The van der Waals surface area contributed by atoms with Gasteiger partial charge in [-0.05, 0) is 0 Å². The molecule has 0 spiro atoms. The van der Waals surface area contributed by atoms with Gasteiger partial charge in [0.1, 0.15) is 124 Å². The number of rotatable bonds is 60. The quantitative estimate of drug-likeness (QED) is 0.0116. The summed E-state index contributed by atoms with van der Waals surface area (Å²) >= 11 is 0. The van der Waals surface area contributed by atoms with E-state index in [9.17, 15) is 140 Å². The van der Waals surface area contributed by atoms with Gasteiger partial charge in [0.2, 0.25) is 38.2 Å². The Hall–Kier alpha value is -6.53. The Morgan fingerprint density at radius 1 is 0.314 bits per heavy atom. The zero-order valence-electron chi connectivity index (χ0n) is 55.7. The van der Waals surface area contributed by atoms with Crippen molar-refractivity contribution in [3.05, 3.63) is 0 Å². The third-order valence-corrected chi connectivity index (χ3v) is 13.4. The number of carbonyl (C=O) groups excluding carboxylic acids is 9. The monoisotopic (exact) mass is 1680 g/mol. The van der Waals surface area contributed by atoms with Crippen LogP contribution in [-0.2, 0) is 81.4 Å². The molecule has 0 aromatic carbocycles. The minimum absolute atomic E-state index is 0. The van der Waals surface area contributed by atoms with E-state index in [1.165, 1.54) is 0 Å². The number of hydrogen-bond donors (Lipinski definition) is 20. The van der Waals surface area contributed by atoms with Crippen LogP contribution in [-0.4, -0.2) is 473 Å². The minimum atomic E-state index is -2.09. The number of hydrogen-bond acceptors (Lipinski definition) is 47. The van der Waals surface area contributed by atoms with Gasteiger partial charge in [-0.15, -0.1) is 0 Å². The molecular formula is C54H92GdN9O41. The fourth-order valence-corrected chi connectivity index (χ4v) is 7.65. The van der Waals surface area contributed by atoms with Gasteiger partial charge in [-0.25, -0.2) is 19.2 Å². The number of carboxylic acid groups (broad SMARTS) is 3. The van der Waals surface area contributed by atoms with Crippen LogP contribution >= 0.6 is 0 Å². The van der Waals surface area contributed by atoms with E-state index in [-0.39, 0.29) is 45.4 Å². The Morgan fingerprint density at radius 3 is 0.714 bits per heavy atom. The molecule has 0 saturated heterocycles. The van der Waals surface area contributed by atoms with E-state index in [4.69, 9.17) is 39.4 Å². The molecule has 0 unspecified atom stereocenters. The number of aliphatic hydroxyl groups is 20.